The maximum absolute atomic E-state index is 5.69. The fourth-order valence-electron chi connectivity index (χ4n) is 2.17. The lowest BCUT2D eigenvalue weighted by molar-refractivity contribution is 0.350. The van der Waals surface area contributed by atoms with Crippen molar-refractivity contribution >= 4 is 11.0 Å². The van der Waals surface area contributed by atoms with Crippen molar-refractivity contribution in [2.75, 3.05) is 13.7 Å². The minimum Gasteiger partial charge on any atom is -0.497 e. The van der Waals surface area contributed by atoms with E-state index in [1.54, 1.807) is 13.2 Å². The molecule has 0 aliphatic heterocycles. The molecule has 2 aromatic carbocycles. The van der Waals surface area contributed by atoms with Gasteiger partial charge in [0.05, 0.1) is 18.1 Å². The maximum atomic E-state index is 5.69. The van der Waals surface area contributed by atoms with E-state index in [2.05, 4.69) is 11.6 Å². The van der Waals surface area contributed by atoms with E-state index in [0.29, 0.717) is 12.5 Å². The number of methoxy groups -OCH3 is 1. The summed E-state index contributed by atoms with van der Waals surface area (Å²) in [7, 11) is 1.63. The van der Waals surface area contributed by atoms with Crippen LogP contribution in [0.4, 0.5) is 0 Å². The van der Waals surface area contributed by atoms with E-state index in [4.69, 9.17) is 14.5 Å². The van der Waals surface area contributed by atoms with Crippen LogP contribution in [0.25, 0.3) is 22.3 Å². The Morgan fingerprint density at radius 1 is 1.05 bits per heavy atom. The molecule has 3 aromatic rings. The van der Waals surface area contributed by atoms with E-state index in [1.807, 2.05) is 48.5 Å². The van der Waals surface area contributed by atoms with Crippen LogP contribution in [0, 0.1) is 0 Å². The second-order valence-electron chi connectivity index (χ2n) is 4.70. The number of aromatic nitrogens is 2. The molecule has 0 saturated carbocycles. The number of benzene rings is 2. The zero-order chi connectivity index (χ0) is 15.4. The highest BCUT2D eigenvalue weighted by Gasteiger charge is 2.12. The lowest BCUT2D eigenvalue weighted by Crippen LogP contribution is -2.01. The van der Waals surface area contributed by atoms with Gasteiger partial charge in [-0.2, -0.15) is 0 Å². The molecule has 1 heterocycles. The largest absolute Gasteiger partial charge is 0.497 e. The Balaban J connectivity index is 2.18. The van der Waals surface area contributed by atoms with Gasteiger partial charge in [0.15, 0.2) is 0 Å². The van der Waals surface area contributed by atoms with Gasteiger partial charge in [0.2, 0.25) is 5.88 Å². The highest BCUT2D eigenvalue weighted by Crippen LogP contribution is 2.29. The Morgan fingerprint density at radius 3 is 2.59 bits per heavy atom. The Hall–Kier alpha value is -2.88. The molecular formula is C18H16N2O2. The van der Waals surface area contributed by atoms with Crippen LogP contribution in [0.5, 0.6) is 11.6 Å². The molecule has 0 amide bonds. The quantitative estimate of drug-likeness (QED) is 0.670. The third kappa shape index (κ3) is 2.76. The van der Waals surface area contributed by atoms with Gasteiger partial charge in [0.25, 0.3) is 0 Å². The molecule has 0 fully saturated rings. The molecule has 0 spiro atoms. The average molecular weight is 292 g/mol. The summed E-state index contributed by atoms with van der Waals surface area (Å²) < 4.78 is 10.9. The van der Waals surface area contributed by atoms with Gasteiger partial charge >= 0.3 is 0 Å². The van der Waals surface area contributed by atoms with Crippen molar-refractivity contribution in [2.45, 2.75) is 0 Å². The monoisotopic (exact) mass is 292 g/mol. The molecule has 1 aromatic heterocycles. The summed E-state index contributed by atoms with van der Waals surface area (Å²) in [5.41, 5.74) is 3.22. The van der Waals surface area contributed by atoms with Crippen LogP contribution in [0.1, 0.15) is 0 Å². The van der Waals surface area contributed by atoms with Crippen molar-refractivity contribution in [2.24, 2.45) is 0 Å². The van der Waals surface area contributed by atoms with E-state index in [1.165, 1.54) is 0 Å². The van der Waals surface area contributed by atoms with Crippen molar-refractivity contribution in [1.82, 2.24) is 9.97 Å². The van der Waals surface area contributed by atoms with Crippen LogP contribution in [-0.4, -0.2) is 23.7 Å². The molecule has 0 atom stereocenters. The summed E-state index contributed by atoms with van der Waals surface area (Å²) in [4.78, 5) is 9.28. The van der Waals surface area contributed by atoms with Gasteiger partial charge in [-0.25, -0.2) is 9.97 Å². The molecule has 0 aliphatic carbocycles. The Morgan fingerprint density at radius 2 is 1.86 bits per heavy atom. The van der Waals surface area contributed by atoms with Crippen LogP contribution < -0.4 is 9.47 Å². The first kappa shape index (κ1) is 14.1. The van der Waals surface area contributed by atoms with Gasteiger partial charge in [0.1, 0.15) is 18.1 Å². The molecule has 22 heavy (non-hydrogen) atoms. The lowest BCUT2D eigenvalue weighted by Gasteiger charge is -2.10. The molecule has 4 nitrogen and oxygen atoms in total. The Kier molecular flexibility index (Phi) is 4.01. The zero-order valence-electron chi connectivity index (χ0n) is 12.3. The minimum atomic E-state index is 0.379. The molecule has 110 valence electrons. The van der Waals surface area contributed by atoms with Crippen LogP contribution >= 0.6 is 0 Å². The predicted octanol–water partition coefficient (Wildman–Crippen LogP) is 3.87. The summed E-state index contributed by atoms with van der Waals surface area (Å²) in [6.45, 7) is 4.05. The average Bonchev–Trinajstić information content (AvgIpc) is 2.59. The first-order valence-electron chi connectivity index (χ1n) is 6.96. The molecule has 0 unspecified atom stereocenters. The third-order valence-electron chi connectivity index (χ3n) is 3.22. The van der Waals surface area contributed by atoms with Gasteiger partial charge in [0, 0.05) is 11.6 Å². The van der Waals surface area contributed by atoms with Crippen molar-refractivity contribution in [1.29, 1.82) is 0 Å². The fraction of sp³-hybridized carbons (Fsp3) is 0.111. The van der Waals surface area contributed by atoms with Gasteiger partial charge in [-0.05, 0) is 12.1 Å². The number of hydrogen-bond donors (Lipinski definition) is 0. The van der Waals surface area contributed by atoms with E-state index < -0.39 is 0 Å². The van der Waals surface area contributed by atoms with E-state index in [0.717, 1.165) is 28.0 Å². The number of fused-ring (bicyclic) bond motifs is 1. The number of rotatable bonds is 5. The zero-order valence-corrected chi connectivity index (χ0v) is 12.3. The molecule has 0 saturated heterocycles. The first-order chi connectivity index (χ1) is 10.8. The summed E-state index contributed by atoms with van der Waals surface area (Å²) in [6.07, 6.45) is 1.69. The van der Waals surface area contributed by atoms with Crippen LogP contribution in [-0.2, 0) is 0 Å². The fourth-order valence-corrected chi connectivity index (χ4v) is 2.17. The Bertz CT molecular complexity index is 801. The SMILES string of the molecule is C=CCOc1nc2cc(OC)ccc2nc1-c1ccccc1. The summed E-state index contributed by atoms with van der Waals surface area (Å²) >= 11 is 0. The van der Waals surface area contributed by atoms with Crippen LogP contribution in [0.15, 0.2) is 61.2 Å². The second kappa shape index (κ2) is 6.26. The van der Waals surface area contributed by atoms with Crippen molar-refractivity contribution < 1.29 is 9.47 Å². The van der Waals surface area contributed by atoms with Gasteiger partial charge in [-0.1, -0.05) is 43.0 Å². The first-order valence-corrected chi connectivity index (χ1v) is 6.96. The smallest absolute Gasteiger partial charge is 0.241 e. The summed E-state index contributed by atoms with van der Waals surface area (Å²) in [6, 6.07) is 15.5. The standard InChI is InChI=1S/C18H16N2O2/c1-3-11-22-18-17(13-7-5-4-6-8-13)19-15-10-9-14(21-2)12-16(15)20-18/h3-10,12H,1,11H2,2H3. The molecule has 0 radical (unpaired) electrons. The van der Waals surface area contributed by atoms with E-state index in [9.17, 15) is 0 Å². The maximum Gasteiger partial charge on any atom is 0.241 e. The minimum absolute atomic E-state index is 0.379. The normalized spacial score (nSPS) is 10.4. The summed E-state index contributed by atoms with van der Waals surface area (Å²) in [5, 5.41) is 0. The molecular weight excluding hydrogens is 276 g/mol. The molecule has 0 bridgehead atoms. The number of nitrogens with zero attached hydrogens (tertiary/aromatic N) is 2. The Labute approximate surface area is 129 Å². The predicted molar refractivity (Wildman–Crippen MR) is 87.2 cm³/mol. The van der Waals surface area contributed by atoms with E-state index in [-0.39, 0.29) is 0 Å². The number of hydrogen-bond acceptors (Lipinski definition) is 4. The van der Waals surface area contributed by atoms with Gasteiger partial charge in [-0.3, -0.25) is 0 Å². The van der Waals surface area contributed by atoms with Crippen molar-refractivity contribution in [3.8, 4) is 22.9 Å². The molecule has 4 heteroatoms. The molecule has 3 rings (SSSR count). The molecule has 0 N–H and O–H groups in total. The van der Waals surface area contributed by atoms with Crippen molar-refractivity contribution in [3.05, 3.63) is 61.2 Å². The molecule has 0 aliphatic rings. The summed E-state index contributed by atoms with van der Waals surface area (Å²) in [5.74, 6) is 1.23. The highest BCUT2D eigenvalue weighted by molar-refractivity contribution is 5.81. The second-order valence-corrected chi connectivity index (χ2v) is 4.70. The van der Waals surface area contributed by atoms with E-state index >= 15 is 0 Å². The highest BCUT2D eigenvalue weighted by atomic mass is 16.5. The lowest BCUT2D eigenvalue weighted by atomic mass is 10.1. The topological polar surface area (TPSA) is 44.2 Å². The van der Waals surface area contributed by atoms with Crippen LogP contribution in [0.3, 0.4) is 0 Å². The third-order valence-corrected chi connectivity index (χ3v) is 3.22. The van der Waals surface area contributed by atoms with Gasteiger partial charge in [-0.15, -0.1) is 0 Å². The number of ether oxygens (including phenoxy) is 2. The van der Waals surface area contributed by atoms with Gasteiger partial charge < -0.3 is 9.47 Å². The van der Waals surface area contributed by atoms with Crippen molar-refractivity contribution in [3.63, 3.8) is 0 Å². The van der Waals surface area contributed by atoms with Crippen LogP contribution in [0.2, 0.25) is 0 Å².